The fraction of sp³-hybridized carbons (Fsp3) is 0. The molecule has 0 fully saturated rings. The Kier molecular flexibility index (Phi) is 4.11. The summed E-state index contributed by atoms with van der Waals surface area (Å²) in [5, 5.41) is 6.97. The minimum atomic E-state index is -4.07. The van der Waals surface area contributed by atoms with Gasteiger partial charge in [-0.1, -0.05) is 6.07 Å². The molecule has 7 nitrogen and oxygen atoms in total. The van der Waals surface area contributed by atoms with Crippen LogP contribution in [-0.2, 0) is 10.0 Å². The molecule has 0 aliphatic carbocycles. The molecular formula is C11H7N3O4S2. The Labute approximate surface area is 118 Å². The van der Waals surface area contributed by atoms with Crippen LogP contribution in [0.5, 0.6) is 0 Å². The Morgan fingerprint density at radius 2 is 1.90 bits per heavy atom. The summed E-state index contributed by atoms with van der Waals surface area (Å²) in [4.78, 5) is 21.3. The molecule has 1 aromatic heterocycles. The van der Waals surface area contributed by atoms with Crippen LogP contribution in [0.25, 0.3) is 0 Å². The highest BCUT2D eigenvalue weighted by Crippen LogP contribution is 2.30. The molecule has 102 valence electrons. The van der Waals surface area contributed by atoms with E-state index in [0.717, 1.165) is 12.1 Å². The van der Waals surface area contributed by atoms with E-state index < -0.39 is 15.7 Å². The molecule has 0 amide bonds. The summed E-state index contributed by atoms with van der Waals surface area (Å²) in [6.07, 6.45) is 1.18. The van der Waals surface area contributed by atoms with Gasteiger partial charge >= 0.3 is 0 Å². The summed E-state index contributed by atoms with van der Waals surface area (Å²) < 4.78 is 27.5. The lowest BCUT2D eigenvalue weighted by Crippen LogP contribution is -1.97. The molecule has 0 N–H and O–H groups in total. The third kappa shape index (κ3) is 3.00. The first-order valence-corrected chi connectivity index (χ1v) is 7.53. The summed E-state index contributed by atoms with van der Waals surface area (Å²) in [5.41, 5.74) is -0.480. The predicted octanol–water partition coefficient (Wildman–Crippen LogP) is 3.35. The number of sulfonamides is 1. The molecule has 0 saturated heterocycles. The van der Waals surface area contributed by atoms with Crippen molar-refractivity contribution in [2.45, 2.75) is 4.90 Å². The molecule has 9 heteroatoms. The van der Waals surface area contributed by atoms with Crippen molar-refractivity contribution >= 4 is 38.9 Å². The van der Waals surface area contributed by atoms with Crippen LogP contribution in [0.4, 0.5) is 11.4 Å². The van der Waals surface area contributed by atoms with E-state index in [2.05, 4.69) is 14.8 Å². The van der Waals surface area contributed by atoms with Crippen molar-refractivity contribution < 1.29 is 8.42 Å². The van der Waals surface area contributed by atoms with E-state index in [4.69, 9.17) is 0 Å². The molecule has 0 aliphatic rings. The first-order valence-electron chi connectivity index (χ1n) is 5.21. The van der Waals surface area contributed by atoms with Gasteiger partial charge in [0, 0.05) is 4.88 Å². The molecule has 0 saturated carbocycles. The lowest BCUT2D eigenvalue weighted by Gasteiger charge is -2.01. The number of benzene rings is 1. The largest absolute Gasteiger partial charge is 0.284 e. The van der Waals surface area contributed by atoms with E-state index in [-0.39, 0.29) is 10.6 Å². The van der Waals surface area contributed by atoms with Gasteiger partial charge < -0.3 is 0 Å². The second-order valence-corrected chi connectivity index (χ2v) is 6.14. The van der Waals surface area contributed by atoms with Gasteiger partial charge in [0.25, 0.3) is 10.0 Å². The molecule has 20 heavy (non-hydrogen) atoms. The van der Waals surface area contributed by atoms with E-state index >= 15 is 0 Å². The summed E-state index contributed by atoms with van der Waals surface area (Å²) in [5.74, 6) is 0. The van der Waals surface area contributed by atoms with Crippen LogP contribution in [-0.4, -0.2) is 14.6 Å². The van der Waals surface area contributed by atoms with Gasteiger partial charge in [0.1, 0.15) is 16.3 Å². The highest BCUT2D eigenvalue weighted by molar-refractivity contribution is 7.90. The summed E-state index contributed by atoms with van der Waals surface area (Å²) in [6, 6.07) is 6.70. The minimum Gasteiger partial charge on any atom is -0.199 e. The van der Waals surface area contributed by atoms with Crippen molar-refractivity contribution in [1.82, 2.24) is 0 Å². The topological polar surface area (TPSA) is 105 Å². The van der Waals surface area contributed by atoms with Gasteiger partial charge in [-0.15, -0.1) is 21.2 Å². The summed E-state index contributed by atoms with van der Waals surface area (Å²) in [6.45, 7) is 0. The van der Waals surface area contributed by atoms with Gasteiger partial charge in [-0.05, 0) is 40.0 Å². The lowest BCUT2D eigenvalue weighted by atomic mass is 10.3. The van der Waals surface area contributed by atoms with Crippen molar-refractivity contribution in [1.29, 1.82) is 0 Å². The molecule has 1 aromatic carbocycles. The van der Waals surface area contributed by atoms with E-state index in [1.807, 2.05) is 0 Å². The average molecular weight is 309 g/mol. The third-order valence-corrected chi connectivity index (χ3v) is 4.38. The number of rotatable bonds is 5. The Bertz CT molecular complexity index is 767. The molecular weight excluding hydrogens is 302 g/mol. The molecule has 2 rings (SSSR count). The van der Waals surface area contributed by atoms with Crippen LogP contribution < -0.4 is 0 Å². The van der Waals surface area contributed by atoms with Crippen molar-refractivity contribution in [3.8, 4) is 0 Å². The molecule has 0 spiro atoms. The maximum absolute atomic E-state index is 12.0. The van der Waals surface area contributed by atoms with Crippen LogP contribution in [0.3, 0.4) is 0 Å². The van der Waals surface area contributed by atoms with Crippen molar-refractivity contribution in [2.75, 3.05) is 0 Å². The maximum Gasteiger partial charge on any atom is 0.284 e. The zero-order valence-corrected chi connectivity index (χ0v) is 11.5. The summed E-state index contributed by atoms with van der Waals surface area (Å²) >= 11 is 1.32. The van der Waals surface area contributed by atoms with Gasteiger partial charge in [0.05, 0.1) is 6.21 Å². The maximum atomic E-state index is 12.0. The fourth-order valence-corrected chi connectivity index (χ4v) is 3.01. The van der Waals surface area contributed by atoms with Crippen molar-refractivity contribution in [3.05, 3.63) is 50.4 Å². The van der Waals surface area contributed by atoms with Gasteiger partial charge in [-0.25, -0.2) is 0 Å². The Morgan fingerprint density at radius 3 is 2.50 bits per heavy atom. The molecule has 0 unspecified atom stereocenters. The summed E-state index contributed by atoms with van der Waals surface area (Å²) in [7, 11) is -4.07. The zero-order chi connectivity index (χ0) is 14.6. The fourth-order valence-electron chi connectivity index (χ4n) is 1.39. The molecule has 0 atom stereocenters. The van der Waals surface area contributed by atoms with Gasteiger partial charge in [-0.3, -0.25) is 0 Å². The van der Waals surface area contributed by atoms with Crippen molar-refractivity contribution in [2.24, 2.45) is 14.8 Å². The van der Waals surface area contributed by atoms with Gasteiger partial charge in [-0.2, -0.15) is 12.8 Å². The lowest BCUT2D eigenvalue weighted by molar-refractivity contribution is 0.598. The first kappa shape index (κ1) is 14.2. The minimum absolute atomic E-state index is 0.0826. The van der Waals surface area contributed by atoms with E-state index in [1.165, 1.54) is 23.6 Å². The number of nitroso groups, excluding NO2 is 2. The quantitative estimate of drug-likeness (QED) is 0.623. The standard InChI is InChI=1S/C11H7N3O4S2/c15-13-8-3-4-11(10(6-8)14-16)20(17,18)12-7-9-2-1-5-19-9/h1-7H. The van der Waals surface area contributed by atoms with E-state index in [1.54, 1.807) is 17.5 Å². The van der Waals surface area contributed by atoms with Crippen molar-refractivity contribution in [3.63, 3.8) is 0 Å². The molecule has 0 bridgehead atoms. The molecule has 2 aromatic rings. The van der Waals surface area contributed by atoms with Crippen LogP contribution in [0, 0.1) is 9.81 Å². The normalized spacial score (nSPS) is 11.6. The van der Waals surface area contributed by atoms with Gasteiger partial charge in [0.2, 0.25) is 0 Å². The third-order valence-electron chi connectivity index (χ3n) is 2.29. The van der Waals surface area contributed by atoms with Crippen LogP contribution in [0.1, 0.15) is 4.88 Å². The number of hydrogen-bond acceptors (Lipinski definition) is 7. The van der Waals surface area contributed by atoms with E-state index in [9.17, 15) is 18.2 Å². The predicted molar refractivity (Wildman–Crippen MR) is 76.5 cm³/mol. The van der Waals surface area contributed by atoms with Gasteiger partial charge in [0.15, 0.2) is 0 Å². The van der Waals surface area contributed by atoms with E-state index in [0.29, 0.717) is 4.88 Å². The molecule has 0 radical (unpaired) electrons. The highest BCUT2D eigenvalue weighted by atomic mass is 32.2. The zero-order valence-electron chi connectivity index (χ0n) is 9.83. The first-order chi connectivity index (χ1) is 9.56. The average Bonchev–Trinajstić information content (AvgIpc) is 2.97. The Hall–Kier alpha value is -2.26. The number of hydrogen-bond donors (Lipinski definition) is 0. The Morgan fingerprint density at radius 1 is 1.10 bits per heavy atom. The molecule has 1 heterocycles. The number of thiophene rings is 1. The molecule has 0 aliphatic heterocycles. The van der Waals surface area contributed by atoms with Crippen LogP contribution in [0.2, 0.25) is 0 Å². The number of nitrogens with zero attached hydrogens (tertiary/aromatic N) is 3. The monoisotopic (exact) mass is 309 g/mol. The van der Waals surface area contributed by atoms with Crippen LogP contribution >= 0.6 is 11.3 Å². The SMILES string of the molecule is O=Nc1ccc(S(=O)(=O)N=Cc2cccs2)c(N=O)c1. The van der Waals surface area contributed by atoms with Crippen LogP contribution in [0.15, 0.2) is 55.4 Å². The second kappa shape index (κ2) is 5.80. The second-order valence-electron chi connectivity index (χ2n) is 3.56. The highest BCUT2D eigenvalue weighted by Gasteiger charge is 2.18. The Balaban J connectivity index is 2.44. The smallest absolute Gasteiger partial charge is 0.199 e.